The zero-order valence-corrected chi connectivity index (χ0v) is 12.1. The van der Waals surface area contributed by atoms with Crippen molar-refractivity contribution in [1.29, 1.82) is 0 Å². The van der Waals surface area contributed by atoms with Gasteiger partial charge < -0.3 is 14.6 Å². The zero-order valence-electron chi connectivity index (χ0n) is 12.1. The van der Waals surface area contributed by atoms with Gasteiger partial charge in [-0.3, -0.25) is 0 Å². The lowest BCUT2D eigenvalue weighted by molar-refractivity contribution is -0.145. The molecule has 0 radical (unpaired) electrons. The van der Waals surface area contributed by atoms with Crippen molar-refractivity contribution in [2.24, 2.45) is 0 Å². The summed E-state index contributed by atoms with van der Waals surface area (Å²) in [6.45, 7) is 1.99. The first-order chi connectivity index (χ1) is 10.1. The molecule has 0 aliphatic carbocycles. The molecular weight excluding hydrogens is 268 g/mol. The molecular formula is C17H18O4. The van der Waals surface area contributed by atoms with Gasteiger partial charge in [0.25, 0.3) is 0 Å². The summed E-state index contributed by atoms with van der Waals surface area (Å²) < 4.78 is 10.6. The van der Waals surface area contributed by atoms with Crippen LogP contribution in [0.3, 0.4) is 0 Å². The minimum atomic E-state index is -0.980. The maximum Gasteiger partial charge on any atom is 0.345 e. The van der Waals surface area contributed by atoms with Crippen molar-refractivity contribution in [3.05, 3.63) is 59.7 Å². The van der Waals surface area contributed by atoms with E-state index >= 15 is 0 Å². The highest BCUT2D eigenvalue weighted by Gasteiger charge is 2.20. The Morgan fingerprint density at radius 2 is 1.62 bits per heavy atom. The number of carbonyl (C=O) groups is 1. The molecule has 0 aromatic heterocycles. The Kier molecular flexibility index (Phi) is 4.82. The number of benzene rings is 2. The van der Waals surface area contributed by atoms with E-state index in [4.69, 9.17) is 9.47 Å². The van der Waals surface area contributed by atoms with Crippen LogP contribution >= 0.6 is 0 Å². The van der Waals surface area contributed by atoms with Crippen molar-refractivity contribution < 1.29 is 19.4 Å². The number of ether oxygens (including phenoxy) is 2. The zero-order chi connectivity index (χ0) is 15.2. The lowest BCUT2D eigenvalue weighted by Gasteiger charge is -2.15. The summed E-state index contributed by atoms with van der Waals surface area (Å²) in [7, 11) is 1.58. The molecule has 4 heteroatoms. The maximum absolute atomic E-state index is 11.3. The second-order valence-electron chi connectivity index (χ2n) is 4.81. The van der Waals surface area contributed by atoms with E-state index in [1.807, 2.05) is 31.2 Å². The molecule has 0 aliphatic rings. The second kappa shape index (κ2) is 6.79. The average Bonchev–Trinajstić information content (AvgIpc) is 2.49. The number of rotatable bonds is 6. The third-order valence-corrected chi connectivity index (χ3v) is 3.15. The van der Waals surface area contributed by atoms with Gasteiger partial charge in [0.05, 0.1) is 7.11 Å². The minimum absolute atomic E-state index is 0.321. The lowest BCUT2D eigenvalue weighted by atomic mass is 10.1. The first kappa shape index (κ1) is 14.9. The average molecular weight is 286 g/mol. The van der Waals surface area contributed by atoms with E-state index in [0.29, 0.717) is 17.9 Å². The number of hydrogen-bond donors (Lipinski definition) is 1. The number of hydrogen-bond acceptors (Lipinski definition) is 3. The Morgan fingerprint density at radius 3 is 2.14 bits per heavy atom. The summed E-state index contributed by atoms with van der Waals surface area (Å²) in [5, 5.41) is 9.30. The van der Waals surface area contributed by atoms with Crippen LogP contribution in [-0.2, 0) is 11.2 Å². The number of aryl methyl sites for hydroxylation is 1. The molecule has 2 aromatic rings. The number of aliphatic carboxylic acids is 1. The topological polar surface area (TPSA) is 55.8 Å². The summed E-state index contributed by atoms with van der Waals surface area (Å²) in [5.41, 5.74) is 2.07. The van der Waals surface area contributed by atoms with Crippen LogP contribution in [0.15, 0.2) is 48.5 Å². The first-order valence-electron chi connectivity index (χ1n) is 6.67. The Morgan fingerprint density at radius 1 is 1.05 bits per heavy atom. The van der Waals surface area contributed by atoms with Gasteiger partial charge in [0.1, 0.15) is 11.5 Å². The fourth-order valence-corrected chi connectivity index (χ4v) is 1.94. The molecule has 0 spiro atoms. The van der Waals surface area contributed by atoms with Crippen molar-refractivity contribution in [3.63, 3.8) is 0 Å². The normalized spacial score (nSPS) is 11.7. The van der Waals surface area contributed by atoms with Gasteiger partial charge in [0.2, 0.25) is 0 Å². The van der Waals surface area contributed by atoms with Gasteiger partial charge in [0.15, 0.2) is 6.10 Å². The fraction of sp³-hybridized carbons (Fsp3) is 0.235. The molecule has 4 nitrogen and oxygen atoms in total. The quantitative estimate of drug-likeness (QED) is 0.886. The van der Waals surface area contributed by atoms with E-state index in [1.165, 1.54) is 0 Å². The summed E-state index contributed by atoms with van der Waals surface area (Å²) in [5.74, 6) is 0.231. The smallest absolute Gasteiger partial charge is 0.345 e. The summed E-state index contributed by atoms with van der Waals surface area (Å²) in [4.78, 5) is 11.3. The van der Waals surface area contributed by atoms with Crippen LogP contribution < -0.4 is 9.47 Å². The van der Waals surface area contributed by atoms with Gasteiger partial charge in [-0.2, -0.15) is 0 Å². The first-order valence-corrected chi connectivity index (χ1v) is 6.67. The summed E-state index contributed by atoms with van der Waals surface area (Å²) >= 11 is 0. The van der Waals surface area contributed by atoms with Crippen molar-refractivity contribution in [2.75, 3.05) is 7.11 Å². The van der Waals surface area contributed by atoms with Gasteiger partial charge in [-0.1, -0.05) is 29.8 Å². The monoisotopic (exact) mass is 286 g/mol. The van der Waals surface area contributed by atoms with E-state index in [-0.39, 0.29) is 0 Å². The molecule has 0 aliphatic heterocycles. The molecule has 0 amide bonds. The van der Waals surface area contributed by atoms with E-state index in [2.05, 4.69) is 0 Å². The molecule has 2 aromatic carbocycles. The molecule has 21 heavy (non-hydrogen) atoms. The minimum Gasteiger partial charge on any atom is -0.497 e. The van der Waals surface area contributed by atoms with Gasteiger partial charge in [-0.15, -0.1) is 0 Å². The van der Waals surface area contributed by atoms with Crippen molar-refractivity contribution in [3.8, 4) is 11.5 Å². The summed E-state index contributed by atoms with van der Waals surface area (Å²) in [6.07, 6.45) is -0.595. The van der Waals surface area contributed by atoms with E-state index in [1.54, 1.807) is 31.4 Å². The van der Waals surface area contributed by atoms with E-state index in [9.17, 15) is 9.90 Å². The van der Waals surface area contributed by atoms with Crippen molar-refractivity contribution >= 4 is 5.97 Å². The van der Waals surface area contributed by atoms with Crippen LogP contribution in [0.5, 0.6) is 11.5 Å². The van der Waals surface area contributed by atoms with Crippen LogP contribution in [0.1, 0.15) is 11.1 Å². The third-order valence-electron chi connectivity index (χ3n) is 3.15. The molecule has 0 heterocycles. The van der Waals surface area contributed by atoms with Gasteiger partial charge in [0, 0.05) is 6.42 Å². The van der Waals surface area contributed by atoms with Crippen LogP contribution in [0.25, 0.3) is 0 Å². The van der Waals surface area contributed by atoms with Crippen LogP contribution in [-0.4, -0.2) is 24.3 Å². The van der Waals surface area contributed by atoms with E-state index < -0.39 is 12.1 Å². The summed E-state index contributed by atoms with van der Waals surface area (Å²) in [6, 6.07) is 14.6. The Hall–Kier alpha value is -2.49. The molecule has 0 saturated carbocycles. The molecule has 1 atom stereocenters. The van der Waals surface area contributed by atoms with Crippen LogP contribution in [0.4, 0.5) is 0 Å². The fourth-order valence-electron chi connectivity index (χ4n) is 1.94. The van der Waals surface area contributed by atoms with Crippen LogP contribution in [0, 0.1) is 6.92 Å². The number of carboxylic acids is 1. The molecule has 0 unspecified atom stereocenters. The van der Waals surface area contributed by atoms with Crippen molar-refractivity contribution in [2.45, 2.75) is 19.4 Å². The molecule has 0 saturated heterocycles. The molecule has 2 rings (SSSR count). The predicted molar refractivity (Wildman–Crippen MR) is 79.9 cm³/mol. The molecule has 1 N–H and O–H groups in total. The number of methoxy groups -OCH3 is 1. The number of carboxylic acid groups (broad SMARTS) is 1. The molecule has 0 fully saturated rings. The Labute approximate surface area is 123 Å². The third kappa shape index (κ3) is 4.24. The molecule has 110 valence electrons. The standard InChI is InChI=1S/C17H18O4/c1-12-3-5-13(6-4-12)11-16(17(18)19)21-15-9-7-14(20-2)8-10-15/h3-10,16H,11H2,1-2H3,(H,18,19)/t16-/m1/s1. The predicted octanol–water partition coefficient (Wildman–Crippen LogP) is 3.08. The highest BCUT2D eigenvalue weighted by molar-refractivity contribution is 5.73. The SMILES string of the molecule is COc1ccc(O[C@H](Cc2ccc(C)cc2)C(=O)O)cc1. The lowest BCUT2D eigenvalue weighted by Crippen LogP contribution is -2.29. The van der Waals surface area contributed by atoms with E-state index in [0.717, 1.165) is 11.1 Å². The Balaban J connectivity index is 2.07. The highest BCUT2D eigenvalue weighted by atomic mass is 16.5. The second-order valence-corrected chi connectivity index (χ2v) is 4.81. The van der Waals surface area contributed by atoms with Crippen molar-refractivity contribution in [1.82, 2.24) is 0 Å². The van der Waals surface area contributed by atoms with Gasteiger partial charge >= 0.3 is 5.97 Å². The van der Waals surface area contributed by atoms with Gasteiger partial charge in [-0.25, -0.2) is 4.79 Å². The maximum atomic E-state index is 11.3. The molecule has 0 bridgehead atoms. The largest absolute Gasteiger partial charge is 0.497 e. The van der Waals surface area contributed by atoms with Crippen LogP contribution in [0.2, 0.25) is 0 Å². The highest BCUT2D eigenvalue weighted by Crippen LogP contribution is 2.19. The Bertz CT molecular complexity index is 587. The van der Waals surface area contributed by atoms with Gasteiger partial charge in [-0.05, 0) is 36.8 Å².